The number of benzene rings is 2. The predicted molar refractivity (Wildman–Crippen MR) is 83.6 cm³/mol. The average molecular weight is 357 g/mol. The Labute approximate surface area is 142 Å². The summed E-state index contributed by atoms with van der Waals surface area (Å²) in [5, 5.41) is 2.60. The molecule has 0 heterocycles. The lowest BCUT2D eigenvalue weighted by atomic mass is 10.2. The zero-order chi connectivity index (χ0) is 18.4. The summed E-state index contributed by atoms with van der Waals surface area (Å²) in [6, 6.07) is 10.9. The highest BCUT2D eigenvalue weighted by atomic mass is 19.4. The monoisotopic (exact) mass is 357 g/mol. The third kappa shape index (κ3) is 6.80. The Morgan fingerprint density at radius 2 is 1.68 bits per heavy atom. The molecule has 0 saturated carbocycles. The fourth-order valence-corrected chi connectivity index (χ4v) is 2.23. The molecule has 2 aromatic carbocycles. The molecule has 0 aromatic heterocycles. The first kappa shape index (κ1) is 18.7. The standard InChI is InChI=1S/C17H16F4N2O2/c1-23(10-12-2-4-13(18)5-3-12)11-16(24)22-14-6-8-15(9-7-14)25-17(19,20)21/h2-9H,10-11H2,1H3,(H,22,24)/p+1. The molecule has 0 fully saturated rings. The molecule has 0 radical (unpaired) electrons. The molecule has 0 aliphatic carbocycles. The van der Waals surface area contributed by atoms with Crippen molar-refractivity contribution in [2.45, 2.75) is 12.9 Å². The third-order valence-electron chi connectivity index (χ3n) is 3.25. The highest BCUT2D eigenvalue weighted by Crippen LogP contribution is 2.23. The Bertz CT molecular complexity index is 700. The minimum Gasteiger partial charge on any atom is -0.406 e. The summed E-state index contributed by atoms with van der Waals surface area (Å²) in [5.74, 6) is -0.967. The number of carbonyl (C=O) groups is 1. The minimum atomic E-state index is -4.75. The van der Waals surface area contributed by atoms with Crippen LogP contribution in [0.2, 0.25) is 0 Å². The van der Waals surface area contributed by atoms with Crippen LogP contribution in [0.1, 0.15) is 5.56 Å². The number of quaternary nitrogens is 1. The number of anilines is 1. The van der Waals surface area contributed by atoms with Gasteiger partial charge >= 0.3 is 6.36 Å². The molecule has 4 nitrogen and oxygen atoms in total. The molecule has 1 amide bonds. The van der Waals surface area contributed by atoms with Gasteiger partial charge < -0.3 is 15.0 Å². The van der Waals surface area contributed by atoms with Crippen LogP contribution >= 0.6 is 0 Å². The first-order valence-electron chi connectivity index (χ1n) is 7.43. The fraction of sp³-hybridized carbons (Fsp3) is 0.235. The van der Waals surface area contributed by atoms with Gasteiger partial charge in [0.2, 0.25) is 0 Å². The van der Waals surface area contributed by atoms with Gasteiger partial charge in [0.15, 0.2) is 6.54 Å². The van der Waals surface area contributed by atoms with Gasteiger partial charge in [0.1, 0.15) is 18.1 Å². The van der Waals surface area contributed by atoms with Crippen LogP contribution in [0.3, 0.4) is 0 Å². The first-order valence-corrected chi connectivity index (χ1v) is 7.43. The van der Waals surface area contributed by atoms with E-state index in [4.69, 9.17) is 0 Å². The normalized spacial score (nSPS) is 12.5. The molecule has 134 valence electrons. The van der Waals surface area contributed by atoms with E-state index in [0.29, 0.717) is 12.2 Å². The van der Waals surface area contributed by atoms with Crippen LogP contribution in [0.5, 0.6) is 5.75 Å². The second kappa shape index (κ2) is 7.98. The van der Waals surface area contributed by atoms with Crippen LogP contribution in [0.25, 0.3) is 0 Å². The summed E-state index contributed by atoms with van der Waals surface area (Å²) < 4.78 is 52.9. The van der Waals surface area contributed by atoms with E-state index in [2.05, 4.69) is 10.1 Å². The van der Waals surface area contributed by atoms with E-state index in [-0.39, 0.29) is 24.0 Å². The summed E-state index contributed by atoms with van der Waals surface area (Å²) in [7, 11) is 1.81. The van der Waals surface area contributed by atoms with Crippen molar-refractivity contribution in [2.24, 2.45) is 0 Å². The van der Waals surface area contributed by atoms with E-state index in [1.54, 1.807) is 12.1 Å². The highest BCUT2D eigenvalue weighted by molar-refractivity contribution is 5.91. The lowest BCUT2D eigenvalue weighted by Crippen LogP contribution is -3.08. The summed E-state index contributed by atoms with van der Waals surface area (Å²) >= 11 is 0. The van der Waals surface area contributed by atoms with Crippen molar-refractivity contribution in [3.8, 4) is 5.75 Å². The topological polar surface area (TPSA) is 42.8 Å². The number of rotatable bonds is 6. The molecule has 2 N–H and O–H groups in total. The van der Waals surface area contributed by atoms with Crippen LogP contribution in [0.15, 0.2) is 48.5 Å². The number of nitrogens with one attached hydrogen (secondary N) is 2. The summed E-state index contributed by atoms with van der Waals surface area (Å²) in [6.07, 6.45) is -4.75. The molecule has 2 aromatic rings. The highest BCUT2D eigenvalue weighted by Gasteiger charge is 2.30. The van der Waals surface area contributed by atoms with Crippen molar-refractivity contribution >= 4 is 11.6 Å². The van der Waals surface area contributed by atoms with Crippen LogP contribution in [0, 0.1) is 5.82 Å². The van der Waals surface area contributed by atoms with Gasteiger partial charge in [-0.1, -0.05) is 12.1 Å². The molecule has 25 heavy (non-hydrogen) atoms. The molecular weight excluding hydrogens is 340 g/mol. The molecule has 0 bridgehead atoms. The van der Waals surface area contributed by atoms with Gasteiger partial charge in [0, 0.05) is 11.3 Å². The fourth-order valence-electron chi connectivity index (χ4n) is 2.23. The maximum absolute atomic E-state index is 12.9. The van der Waals surface area contributed by atoms with Gasteiger partial charge in [-0.05, 0) is 36.4 Å². The van der Waals surface area contributed by atoms with Crippen LogP contribution in [-0.4, -0.2) is 25.9 Å². The van der Waals surface area contributed by atoms with E-state index in [9.17, 15) is 22.4 Å². The van der Waals surface area contributed by atoms with E-state index in [0.717, 1.165) is 22.6 Å². The summed E-state index contributed by atoms with van der Waals surface area (Å²) in [4.78, 5) is 12.9. The smallest absolute Gasteiger partial charge is 0.406 e. The zero-order valence-corrected chi connectivity index (χ0v) is 13.4. The molecule has 1 unspecified atom stereocenters. The van der Waals surface area contributed by atoms with Gasteiger partial charge in [0.25, 0.3) is 5.91 Å². The Hall–Kier alpha value is -2.61. The second-order valence-corrected chi connectivity index (χ2v) is 5.56. The third-order valence-corrected chi connectivity index (χ3v) is 3.25. The molecular formula is C17H17F4N2O2+. The van der Waals surface area contributed by atoms with Gasteiger partial charge in [-0.2, -0.15) is 0 Å². The zero-order valence-electron chi connectivity index (χ0n) is 13.4. The van der Waals surface area contributed by atoms with Gasteiger partial charge in [-0.3, -0.25) is 4.79 Å². The summed E-state index contributed by atoms with van der Waals surface area (Å²) in [5.41, 5.74) is 1.26. The van der Waals surface area contributed by atoms with Crippen molar-refractivity contribution in [2.75, 3.05) is 18.9 Å². The summed E-state index contributed by atoms with van der Waals surface area (Å²) in [6.45, 7) is 0.685. The van der Waals surface area contributed by atoms with E-state index in [1.807, 2.05) is 7.05 Å². The van der Waals surface area contributed by atoms with E-state index in [1.165, 1.54) is 24.3 Å². The second-order valence-electron chi connectivity index (χ2n) is 5.56. The number of ether oxygens (including phenoxy) is 1. The number of hydrogen-bond acceptors (Lipinski definition) is 2. The van der Waals surface area contributed by atoms with Crippen molar-refractivity contribution in [3.05, 3.63) is 59.9 Å². The quantitative estimate of drug-likeness (QED) is 0.780. The van der Waals surface area contributed by atoms with Crippen molar-refractivity contribution in [1.29, 1.82) is 0 Å². The lowest BCUT2D eigenvalue weighted by Gasteiger charge is -2.14. The Morgan fingerprint density at radius 3 is 2.24 bits per heavy atom. The van der Waals surface area contributed by atoms with Gasteiger partial charge in [0.05, 0.1) is 7.05 Å². The van der Waals surface area contributed by atoms with Crippen molar-refractivity contribution < 1.29 is 32.0 Å². The van der Waals surface area contributed by atoms with Crippen LogP contribution in [-0.2, 0) is 11.3 Å². The predicted octanol–water partition coefficient (Wildman–Crippen LogP) is 2.38. The Balaban J connectivity index is 1.83. The molecule has 0 aliphatic rings. The largest absolute Gasteiger partial charge is 0.573 e. The number of alkyl halides is 3. The molecule has 1 atom stereocenters. The van der Waals surface area contributed by atoms with E-state index < -0.39 is 6.36 Å². The number of halogens is 4. The maximum atomic E-state index is 12.9. The average Bonchev–Trinajstić information content (AvgIpc) is 2.50. The molecule has 0 spiro atoms. The van der Waals surface area contributed by atoms with Crippen molar-refractivity contribution in [3.63, 3.8) is 0 Å². The molecule has 2 rings (SSSR count). The molecule has 8 heteroatoms. The Morgan fingerprint density at radius 1 is 1.08 bits per heavy atom. The number of amides is 1. The molecule has 0 saturated heterocycles. The SMILES string of the molecule is C[NH+](CC(=O)Nc1ccc(OC(F)(F)F)cc1)Cc1ccc(F)cc1. The van der Waals surface area contributed by atoms with Crippen LogP contribution in [0.4, 0.5) is 23.2 Å². The minimum absolute atomic E-state index is 0.151. The number of likely N-dealkylation sites (N-methyl/N-ethyl adjacent to an activating group) is 1. The number of carbonyl (C=O) groups excluding carboxylic acids is 1. The Kier molecular flexibility index (Phi) is 5.97. The lowest BCUT2D eigenvalue weighted by molar-refractivity contribution is -0.885. The molecule has 0 aliphatic heterocycles. The van der Waals surface area contributed by atoms with Gasteiger partial charge in [-0.15, -0.1) is 13.2 Å². The number of hydrogen-bond donors (Lipinski definition) is 2. The van der Waals surface area contributed by atoms with Gasteiger partial charge in [-0.25, -0.2) is 4.39 Å². The first-order chi connectivity index (χ1) is 11.7. The van der Waals surface area contributed by atoms with Crippen molar-refractivity contribution in [1.82, 2.24) is 0 Å². The maximum Gasteiger partial charge on any atom is 0.573 e. The van der Waals surface area contributed by atoms with Crippen LogP contribution < -0.4 is 15.0 Å². The van der Waals surface area contributed by atoms with E-state index >= 15 is 0 Å².